The number of amides is 1. The molecule has 0 aromatic heterocycles. The molecule has 1 aromatic carbocycles. The maximum atomic E-state index is 11.9. The quantitative estimate of drug-likeness (QED) is 0.774. The van der Waals surface area contributed by atoms with Gasteiger partial charge in [0, 0.05) is 12.0 Å². The molecule has 2 N–H and O–H groups in total. The van der Waals surface area contributed by atoms with Crippen LogP contribution in [0.4, 0.5) is 0 Å². The minimum atomic E-state index is -1.16. The van der Waals surface area contributed by atoms with E-state index in [2.05, 4.69) is 11.2 Å². The van der Waals surface area contributed by atoms with E-state index in [1.165, 1.54) is 0 Å². The van der Waals surface area contributed by atoms with Crippen LogP contribution in [0.15, 0.2) is 24.3 Å². The highest BCUT2D eigenvalue weighted by Crippen LogP contribution is 2.14. The highest BCUT2D eigenvalue weighted by Gasteiger charge is 2.19. The summed E-state index contributed by atoms with van der Waals surface area (Å²) in [7, 11) is 0. The zero-order valence-electron chi connectivity index (χ0n) is 11.4. The predicted molar refractivity (Wildman–Crippen MR) is 74.5 cm³/mol. The van der Waals surface area contributed by atoms with Crippen LogP contribution in [0.3, 0.4) is 0 Å². The second-order valence-electron chi connectivity index (χ2n) is 4.46. The van der Waals surface area contributed by atoms with E-state index in [9.17, 15) is 9.59 Å². The zero-order chi connectivity index (χ0) is 15.1. The van der Waals surface area contributed by atoms with E-state index in [0.29, 0.717) is 11.3 Å². The molecule has 0 bridgehead atoms. The lowest BCUT2D eigenvalue weighted by Gasteiger charge is -2.13. The molecule has 0 saturated heterocycles. The summed E-state index contributed by atoms with van der Waals surface area (Å²) in [5.41, 5.74) is 0.351. The fraction of sp³-hybridized carbons (Fsp3) is 0.333. The fourth-order valence-corrected chi connectivity index (χ4v) is 1.52. The Morgan fingerprint density at radius 3 is 2.40 bits per heavy atom. The molecule has 1 atom stereocenters. The molecule has 5 nitrogen and oxygen atoms in total. The third kappa shape index (κ3) is 4.65. The minimum Gasteiger partial charge on any atom is -0.491 e. The summed E-state index contributed by atoms with van der Waals surface area (Å²) in [4.78, 5) is 22.8. The number of carboxylic acid groups (broad SMARTS) is 1. The van der Waals surface area contributed by atoms with Gasteiger partial charge in [-0.1, -0.05) is 0 Å². The van der Waals surface area contributed by atoms with Gasteiger partial charge in [0.25, 0.3) is 5.91 Å². The summed E-state index contributed by atoms with van der Waals surface area (Å²) < 4.78 is 5.45. The summed E-state index contributed by atoms with van der Waals surface area (Å²) >= 11 is 0. The molecule has 0 spiro atoms. The number of terminal acetylenes is 1. The number of rotatable bonds is 6. The van der Waals surface area contributed by atoms with Gasteiger partial charge in [-0.25, -0.2) is 4.79 Å². The Morgan fingerprint density at radius 1 is 1.35 bits per heavy atom. The number of benzene rings is 1. The van der Waals surface area contributed by atoms with Gasteiger partial charge in [-0.15, -0.1) is 12.3 Å². The summed E-state index contributed by atoms with van der Waals surface area (Å²) in [5.74, 6) is 1.23. The maximum Gasteiger partial charge on any atom is 0.327 e. The highest BCUT2D eigenvalue weighted by atomic mass is 16.5. The monoisotopic (exact) mass is 275 g/mol. The van der Waals surface area contributed by atoms with Crippen molar-refractivity contribution in [3.8, 4) is 18.1 Å². The Balaban J connectivity index is 2.72. The molecular weight excluding hydrogens is 258 g/mol. The molecule has 1 unspecified atom stereocenters. The van der Waals surface area contributed by atoms with Crippen LogP contribution in [0.25, 0.3) is 0 Å². The number of hydrogen-bond donors (Lipinski definition) is 2. The first-order chi connectivity index (χ1) is 9.43. The van der Waals surface area contributed by atoms with E-state index >= 15 is 0 Å². The largest absolute Gasteiger partial charge is 0.491 e. The Morgan fingerprint density at radius 2 is 1.95 bits per heavy atom. The molecule has 0 aliphatic heterocycles. The summed E-state index contributed by atoms with van der Waals surface area (Å²) in [5, 5.41) is 11.3. The van der Waals surface area contributed by atoms with Gasteiger partial charge in [0.1, 0.15) is 11.8 Å². The molecule has 1 aromatic rings. The van der Waals surface area contributed by atoms with E-state index < -0.39 is 17.9 Å². The lowest BCUT2D eigenvalue weighted by atomic mass is 10.1. The van der Waals surface area contributed by atoms with E-state index in [0.717, 1.165) is 0 Å². The Bertz CT molecular complexity index is 514. The van der Waals surface area contributed by atoms with Crippen molar-refractivity contribution in [2.75, 3.05) is 0 Å². The van der Waals surface area contributed by atoms with E-state index in [-0.39, 0.29) is 12.5 Å². The average molecular weight is 275 g/mol. The molecule has 20 heavy (non-hydrogen) atoms. The summed E-state index contributed by atoms with van der Waals surface area (Å²) in [6, 6.07) is 5.38. The van der Waals surface area contributed by atoms with Gasteiger partial charge >= 0.3 is 5.97 Å². The lowest BCUT2D eigenvalue weighted by Crippen LogP contribution is -2.40. The second kappa shape index (κ2) is 7.19. The van der Waals surface area contributed by atoms with Gasteiger partial charge in [0.2, 0.25) is 0 Å². The number of carboxylic acids is 1. The third-order valence-electron chi connectivity index (χ3n) is 2.41. The first-order valence-corrected chi connectivity index (χ1v) is 6.18. The predicted octanol–water partition coefficient (Wildman–Crippen LogP) is 1.68. The topological polar surface area (TPSA) is 75.6 Å². The molecule has 0 aliphatic carbocycles. The minimum absolute atomic E-state index is 0.0432. The van der Waals surface area contributed by atoms with Gasteiger partial charge in [0.05, 0.1) is 6.10 Å². The number of ether oxygens (including phenoxy) is 1. The van der Waals surface area contributed by atoms with Crippen LogP contribution in [0.2, 0.25) is 0 Å². The molecule has 106 valence electrons. The number of nitrogens with one attached hydrogen (secondary N) is 1. The van der Waals surface area contributed by atoms with Crippen LogP contribution in [0.5, 0.6) is 5.75 Å². The molecule has 0 saturated carbocycles. The molecule has 1 amide bonds. The van der Waals surface area contributed by atoms with Crippen LogP contribution < -0.4 is 10.1 Å². The van der Waals surface area contributed by atoms with E-state index in [1.54, 1.807) is 24.3 Å². The smallest absolute Gasteiger partial charge is 0.327 e. The number of hydrogen-bond acceptors (Lipinski definition) is 3. The van der Waals surface area contributed by atoms with Crippen LogP contribution in [0.1, 0.15) is 30.6 Å². The van der Waals surface area contributed by atoms with E-state index in [4.69, 9.17) is 16.3 Å². The number of carbonyl (C=O) groups excluding carboxylic acids is 1. The number of carbonyl (C=O) groups is 2. The van der Waals surface area contributed by atoms with Gasteiger partial charge in [-0.2, -0.15) is 0 Å². The number of aliphatic carboxylic acids is 1. The molecule has 0 fully saturated rings. The van der Waals surface area contributed by atoms with Crippen LogP contribution >= 0.6 is 0 Å². The SMILES string of the molecule is C#CCC(NC(=O)c1ccc(OC(C)C)cc1)C(=O)O. The highest BCUT2D eigenvalue weighted by molar-refractivity contribution is 5.96. The zero-order valence-corrected chi connectivity index (χ0v) is 11.4. The molecule has 5 heteroatoms. The Hall–Kier alpha value is -2.48. The van der Waals surface area contributed by atoms with Crippen molar-refractivity contribution >= 4 is 11.9 Å². The average Bonchev–Trinajstić information content (AvgIpc) is 2.38. The first-order valence-electron chi connectivity index (χ1n) is 6.18. The van der Waals surface area contributed by atoms with Crippen molar-refractivity contribution in [3.05, 3.63) is 29.8 Å². The molecule has 0 heterocycles. The Labute approximate surface area is 117 Å². The van der Waals surface area contributed by atoms with Crippen molar-refractivity contribution in [1.29, 1.82) is 0 Å². The van der Waals surface area contributed by atoms with Crippen molar-refractivity contribution in [2.45, 2.75) is 32.4 Å². The molecular formula is C15H17NO4. The van der Waals surface area contributed by atoms with Gasteiger partial charge in [-0.3, -0.25) is 4.79 Å². The molecule has 1 rings (SSSR count). The Kier molecular flexibility index (Phi) is 5.60. The fourth-order valence-electron chi connectivity index (χ4n) is 1.52. The lowest BCUT2D eigenvalue weighted by molar-refractivity contribution is -0.139. The molecule has 0 radical (unpaired) electrons. The van der Waals surface area contributed by atoms with Gasteiger partial charge < -0.3 is 15.2 Å². The molecule has 0 aliphatic rings. The van der Waals surface area contributed by atoms with Crippen LogP contribution in [-0.2, 0) is 4.79 Å². The van der Waals surface area contributed by atoms with Crippen LogP contribution in [0, 0.1) is 12.3 Å². The second-order valence-corrected chi connectivity index (χ2v) is 4.46. The van der Waals surface area contributed by atoms with E-state index in [1.807, 2.05) is 13.8 Å². The third-order valence-corrected chi connectivity index (χ3v) is 2.41. The summed E-state index contributed by atoms with van der Waals surface area (Å²) in [6.45, 7) is 3.80. The first kappa shape index (κ1) is 15.6. The standard InChI is InChI=1S/C15H17NO4/c1-4-5-13(15(18)19)16-14(17)11-6-8-12(9-7-11)20-10(2)3/h1,6-10,13H,5H2,2-3H3,(H,16,17)(H,18,19). The normalized spacial score (nSPS) is 11.5. The van der Waals surface area contributed by atoms with Crippen molar-refractivity contribution in [3.63, 3.8) is 0 Å². The van der Waals surface area contributed by atoms with Gasteiger partial charge in [-0.05, 0) is 38.1 Å². The van der Waals surface area contributed by atoms with Crippen molar-refractivity contribution in [2.24, 2.45) is 0 Å². The van der Waals surface area contributed by atoms with Crippen LogP contribution in [-0.4, -0.2) is 29.1 Å². The van der Waals surface area contributed by atoms with Gasteiger partial charge in [0.15, 0.2) is 0 Å². The summed E-state index contributed by atoms with van der Waals surface area (Å²) in [6.07, 6.45) is 5.05. The van der Waals surface area contributed by atoms with Crippen molar-refractivity contribution < 1.29 is 19.4 Å². The van der Waals surface area contributed by atoms with Crippen molar-refractivity contribution in [1.82, 2.24) is 5.32 Å². The maximum absolute atomic E-state index is 11.9.